The highest BCUT2D eigenvalue weighted by atomic mass is 79.9. The highest BCUT2D eigenvalue weighted by Gasteiger charge is 2.05. The molecule has 0 atom stereocenters. The molecule has 0 amide bonds. The quantitative estimate of drug-likeness (QED) is 0.902. The molecule has 1 heterocycles. The van der Waals surface area contributed by atoms with E-state index in [1.165, 1.54) is 12.1 Å². The molecule has 1 N–H and O–H groups in total. The van der Waals surface area contributed by atoms with Gasteiger partial charge in [0.15, 0.2) is 0 Å². The number of aryl methyl sites for hydroxylation is 1. The maximum atomic E-state index is 13.2. The van der Waals surface area contributed by atoms with E-state index in [0.717, 1.165) is 15.7 Å². The number of nitrogens with one attached hydrogen (secondary N) is 1. The molecule has 106 valence electrons. The van der Waals surface area contributed by atoms with Gasteiger partial charge in [-0.1, -0.05) is 15.9 Å². The zero-order valence-electron chi connectivity index (χ0n) is 11.3. The Bertz CT molecular complexity index is 607. The molecule has 4 nitrogen and oxygen atoms in total. The first-order valence-corrected chi connectivity index (χ1v) is 7.04. The smallest absolute Gasteiger partial charge is 0.226 e. The lowest BCUT2D eigenvalue weighted by molar-refractivity contribution is 0.326. The lowest BCUT2D eigenvalue weighted by Gasteiger charge is -2.09. The summed E-state index contributed by atoms with van der Waals surface area (Å²) in [5.41, 5.74) is 1.61. The minimum atomic E-state index is -0.273. The molecule has 0 saturated carbocycles. The zero-order valence-corrected chi connectivity index (χ0v) is 12.9. The number of hydrogen-bond donors (Lipinski definition) is 1. The molecule has 0 fully saturated rings. The van der Waals surface area contributed by atoms with Crippen molar-refractivity contribution in [2.24, 2.45) is 0 Å². The van der Waals surface area contributed by atoms with Crippen LogP contribution < -0.4 is 10.1 Å². The Labute approximate surface area is 125 Å². The number of aromatic nitrogens is 2. The van der Waals surface area contributed by atoms with E-state index < -0.39 is 0 Å². The van der Waals surface area contributed by atoms with Crippen LogP contribution in [0.4, 0.5) is 10.3 Å². The van der Waals surface area contributed by atoms with Gasteiger partial charge in [-0.05, 0) is 37.6 Å². The topological polar surface area (TPSA) is 47.0 Å². The maximum Gasteiger partial charge on any atom is 0.226 e. The molecule has 0 spiro atoms. The van der Waals surface area contributed by atoms with Crippen molar-refractivity contribution in [3.8, 4) is 5.88 Å². The van der Waals surface area contributed by atoms with Gasteiger partial charge in [-0.15, -0.1) is 0 Å². The summed E-state index contributed by atoms with van der Waals surface area (Å²) in [6, 6.07) is 6.32. The first-order valence-electron chi connectivity index (χ1n) is 6.24. The molecule has 0 unspecified atom stereocenters. The third-order valence-corrected chi connectivity index (χ3v) is 3.34. The van der Waals surface area contributed by atoms with Crippen LogP contribution in [-0.2, 0) is 6.54 Å². The largest absolute Gasteiger partial charge is 0.478 e. The Balaban J connectivity index is 2.12. The van der Waals surface area contributed by atoms with Crippen molar-refractivity contribution in [1.29, 1.82) is 0 Å². The van der Waals surface area contributed by atoms with E-state index in [1.807, 2.05) is 13.8 Å². The number of rotatable bonds is 5. The van der Waals surface area contributed by atoms with Gasteiger partial charge < -0.3 is 10.1 Å². The van der Waals surface area contributed by atoms with Gasteiger partial charge in [0.05, 0.1) is 6.61 Å². The second kappa shape index (κ2) is 6.65. The van der Waals surface area contributed by atoms with Crippen molar-refractivity contribution in [3.05, 3.63) is 45.8 Å². The van der Waals surface area contributed by atoms with Crippen LogP contribution in [0.25, 0.3) is 0 Å². The summed E-state index contributed by atoms with van der Waals surface area (Å²) < 4.78 is 19.4. The lowest BCUT2D eigenvalue weighted by atomic mass is 10.2. The van der Waals surface area contributed by atoms with E-state index in [-0.39, 0.29) is 5.82 Å². The summed E-state index contributed by atoms with van der Waals surface area (Å²) in [7, 11) is 0. The molecule has 6 heteroatoms. The summed E-state index contributed by atoms with van der Waals surface area (Å²) in [4.78, 5) is 8.51. The molecule has 1 aromatic carbocycles. The second-order valence-electron chi connectivity index (χ2n) is 4.19. The monoisotopic (exact) mass is 339 g/mol. The predicted octanol–water partition coefficient (Wildman–Crippen LogP) is 3.70. The lowest BCUT2D eigenvalue weighted by Crippen LogP contribution is -2.07. The fraction of sp³-hybridized carbons (Fsp3) is 0.286. The van der Waals surface area contributed by atoms with Crippen molar-refractivity contribution >= 4 is 21.9 Å². The van der Waals surface area contributed by atoms with E-state index in [4.69, 9.17) is 4.74 Å². The van der Waals surface area contributed by atoms with Gasteiger partial charge in [-0.2, -0.15) is 4.98 Å². The van der Waals surface area contributed by atoms with Crippen molar-refractivity contribution in [1.82, 2.24) is 9.97 Å². The van der Waals surface area contributed by atoms with Crippen LogP contribution in [0.3, 0.4) is 0 Å². The van der Waals surface area contributed by atoms with E-state index in [1.54, 1.807) is 12.1 Å². The molecule has 0 radical (unpaired) electrons. The second-order valence-corrected chi connectivity index (χ2v) is 5.05. The Morgan fingerprint density at radius 1 is 1.30 bits per heavy atom. The molecular weight excluding hydrogens is 325 g/mol. The van der Waals surface area contributed by atoms with Crippen LogP contribution >= 0.6 is 15.9 Å². The standard InChI is InChI=1S/C14H15BrFN3O/c1-3-20-13-6-9(2)18-14(19-13)17-8-10-7-11(16)4-5-12(10)15/h4-7H,3,8H2,1-2H3,(H,17,18,19). The van der Waals surface area contributed by atoms with Crippen molar-refractivity contribution in [2.75, 3.05) is 11.9 Å². The normalized spacial score (nSPS) is 10.4. The van der Waals surface area contributed by atoms with Crippen LogP contribution in [0.2, 0.25) is 0 Å². The molecule has 0 aliphatic rings. The van der Waals surface area contributed by atoms with Gasteiger partial charge in [0.25, 0.3) is 0 Å². The number of nitrogens with zero attached hydrogens (tertiary/aromatic N) is 2. The summed E-state index contributed by atoms with van der Waals surface area (Å²) in [5.74, 6) is 0.718. The average Bonchev–Trinajstić information content (AvgIpc) is 2.40. The van der Waals surface area contributed by atoms with Crippen LogP contribution in [0.5, 0.6) is 5.88 Å². The van der Waals surface area contributed by atoms with Gasteiger partial charge in [0, 0.05) is 22.8 Å². The molecule has 2 aromatic rings. The summed E-state index contributed by atoms with van der Waals surface area (Å²) in [6.45, 7) is 4.74. The highest BCUT2D eigenvalue weighted by Crippen LogP contribution is 2.19. The van der Waals surface area contributed by atoms with Gasteiger partial charge in [-0.3, -0.25) is 0 Å². The summed E-state index contributed by atoms with van der Waals surface area (Å²) in [6.07, 6.45) is 0. The number of hydrogen-bond acceptors (Lipinski definition) is 4. The number of anilines is 1. The minimum absolute atomic E-state index is 0.273. The number of ether oxygens (including phenoxy) is 1. The molecule has 0 bridgehead atoms. The third kappa shape index (κ3) is 3.90. The van der Waals surface area contributed by atoms with Gasteiger partial charge in [-0.25, -0.2) is 9.37 Å². The van der Waals surface area contributed by atoms with Crippen LogP contribution in [0.15, 0.2) is 28.7 Å². The van der Waals surface area contributed by atoms with E-state index in [2.05, 4.69) is 31.2 Å². The Kier molecular flexibility index (Phi) is 4.89. The Hall–Kier alpha value is -1.69. The van der Waals surface area contributed by atoms with Crippen LogP contribution in [0.1, 0.15) is 18.2 Å². The minimum Gasteiger partial charge on any atom is -0.478 e. The number of benzene rings is 1. The van der Waals surface area contributed by atoms with Crippen molar-refractivity contribution in [3.63, 3.8) is 0 Å². The Morgan fingerprint density at radius 2 is 2.10 bits per heavy atom. The van der Waals surface area contributed by atoms with E-state index in [9.17, 15) is 4.39 Å². The molecule has 1 aromatic heterocycles. The van der Waals surface area contributed by atoms with Crippen molar-refractivity contribution in [2.45, 2.75) is 20.4 Å². The van der Waals surface area contributed by atoms with Gasteiger partial charge in [0.2, 0.25) is 11.8 Å². The summed E-state index contributed by atoms with van der Waals surface area (Å²) >= 11 is 3.39. The van der Waals surface area contributed by atoms with E-state index >= 15 is 0 Å². The fourth-order valence-electron chi connectivity index (χ4n) is 1.69. The average molecular weight is 340 g/mol. The molecule has 20 heavy (non-hydrogen) atoms. The number of halogens is 2. The molecule has 0 saturated heterocycles. The summed E-state index contributed by atoms with van der Waals surface area (Å²) in [5, 5.41) is 3.07. The molecular formula is C14H15BrFN3O. The zero-order chi connectivity index (χ0) is 14.5. The van der Waals surface area contributed by atoms with Gasteiger partial charge >= 0.3 is 0 Å². The van der Waals surface area contributed by atoms with E-state index in [0.29, 0.717) is 25.0 Å². The van der Waals surface area contributed by atoms with Crippen LogP contribution in [-0.4, -0.2) is 16.6 Å². The van der Waals surface area contributed by atoms with Crippen molar-refractivity contribution < 1.29 is 9.13 Å². The van der Waals surface area contributed by atoms with Crippen LogP contribution in [0, 0.1) is 12.7 Å². The Morgan fingerprint density at radius 3 is 2.85 bits per heavy atom. The third-order valence-electron chi connectivity index (χ3n) is 2.57. The SMILES string of the molecule is CCOc1cc(C)nc(NCc2cc(F)ccc2Br)n1. The molecule has 2 rings (SSSR count). The molecule has 0 aliphatic heterocycles. The highest BCUT2D eigenvalue weighted by molar-refractivity contribution is 9.10. The first kappa shape index (κ1) is 14.7. The van der Waals surface area contributed by atoms with Gasteiger partial charge in [0.1, 0.15) is 5.82 Å². The predicted molar refractivity (Wildman–Crippen MR) is 79.4 cm³/mol. The maximum absolute atomic E-state index is 13.2. The first-order chi connectivity index (χ1) is 9.58. The molecule has 0 aliphatic carbocycles. The fourth-order valence-corrected chi connectivity index (χ4v) is 2.08.